The van der Waals surface area contributed by atoms with Crippen molar-refractivity contribution in [3.8, 4) is 12.3 Å². The number of carbonyl (C=O) groups excluding carboxylic acids is 1. The number of rotatable bonds is 7. The number of nitrogens with one attached hydrogen (secondary N) is 1. The molecule has 1 atom stereocenters. The molecular weight excluding hydrogens is 378 g/mol. The molecule has 2 N–H and O–H groups in total. The Morgan fingerprint density at radius 3 is 2.56 bits per heavy atom. The number of terminal acetylenes is 1. The number of nitro benzene ring substituents is 1. The van der Waals surface area contributed by atoms with Crippen molar-refractivity contribution in [2.45, 2.75) is 36.2 Å². The van der Waals surface area contributed by atoms with Crippen LogP contribution in [0.1, 0.15) is 20.3 Å². The summed E-state index contributed by atoms with van der Waals surface area (Å²) in [6.45, 7) is 2.31. The van der Waals surface area contributed by atoms with E-state index in [1.165, 1.54) is 26.0 Å². The lowest BCUT2D eigenvalue weighted by molar-refractivity contribution is -0.387. The number of hydrogen-bond acceptors (Lipinski definition) is 6. The SMILES string of the molecule is C#CCC1(NS(=O)(=O)c2ccccc2[N+](=O)[O-])CN(C(C)(C)C(=O)O)C1=O. The standard InChI is InChI=1S/C16H17N3O7S/c1-4-9-16(10-18(13(16)20)15(2,3)14(21)22)17-27(25,26)12-8-6-5-7-11(12)19(23)24/h1,5-8,17H,9-10H2,2-3H3,(H,21,22). The largest absolute Gasteiger partial charge is 0.480 e. The highest BCUT2D eigenvalue weighted by atomic mass is 32.2. The van der Waals surface area contributed by atoms with Crippen LogP contribution in [0, 0.1) is 22.5 Å². The van der Waals surface area contributed by atoms with Crippen molar-refractivity contribution < 1.29 is 28.0 Å². The Balaban J connectivity index is 2.42. The first kappa shape index (κ1) is 20.3. The van der Waals surface area contributed by atoms with E-state index in [0.717, 1.165) is 17.0 Å². The Morgan fingerprint density at radius 1 is 1.48 bits per heavy atom. The van der Waals surface area contributed by atoms with Gasteiger partial charge in [0, 0.05) is 12.5 Å². The quantitative estimate of drug-likeness (QED) is 0.293. The molecule has 27 heavy (non-hydrogen) atoms. The van der Waals surface area contributed by atoms with Crippen LogP contribution in [0.15, 0.2) is 29.2 Å². The third-order valence-electron chi connectivity index (χ3n) is 4.37. The normalized spacial score (nSPS) is 19.9. The van der Waals surface area contributed by atoms with Crippen LogP contribution < -0.4 is 4.72 Å². The molecule has 10 nitrogen and oxygen atoms in total. The number of β-lactam (4-membered cyclic amide) rings is 1. The number of carbonyl (C=O) groups is 2. The number of carboxylic acids is 1. The van der Waals surface area contributed by atoms with Gasteiger partial charge >= 0.3 is 5.97 Å². The maximum absolute atomic E-state index is 12.7. The van der Waals surface area contributed by atoms with Crippen LogP contribution >= 0.6 is 0 Å². The molecule has 1 aromatic carbocycles. The van der Waals surface area contributed by atoms with Crippen molar-refractivity contribution in [2.75, 3.05) is 6.54 Å². The Labute approximate surface area is 155 Å². The summed E-state index contributed by atoms with van der Waals surface area (Å²) >= 11 is 0. The summed E-state index contributed by atoms with van der Waals surface area (Å²) in [4.78, 5) is 34.6. The first-order chi connectivity index (χ1) is 12.4. The molecule has 1 unspecified atom stereocenters. The monoisotopic (exact) mass is 395 g/mol. The Bertz CT molecular complexity index is 964. The smallest absolute Gasteiger partial charge is 0.329 e. The topological polar surface area (TPSA) is 147 Å². The molecule has 1 fully saturated rings. The van der Waals surface area contributed by atoms with Gasteiger partial charge in [0.1, 0.15) is 11.1 Å². The molecule has 1 heterocycles. The second kappa shape index (κ2) is 6.64. The summed E-state index contributed by atoms with van der Waals surface area (Å²) in [5, 5.41) is 20.4. The minimum Gasteiger partial charge on any atom is -0.480 e. The van der Waals surface area contributed by atoms with Crippen molar-refractivity contribution in [3.63, 3.8) is 0 Å². The van der Waals surface area contributed by atoms with E-state index in [2.05, 4.69) is 10.6 Å². The molecule has 144 valence electrons. The number of nitro groups is 1. The molecule has 1 amide bonds. The average Bonchev–Trinajstić information content (AvgIpc) is 2.58. The van der Waals surface area contributed by atoms with Crippen LogP contribution in [0.3, 0.4) is 0 Å². The van der Waals surface area contributed by atoms with Crippen molar-refractivity contribution in [1.82, 2.24) is 9.62 Å². The van der Waals surface area contributed by atoms with Gasteiger partial charge in [-0.05, 0) is 19.9 Å². The van der Waals surface area contributed by atoms with Crippen LogP contribution in [0.4, 0.5) is 5.69 Å². The number of benzene rings is 1. The maximum Gasteiger partial charge on any atom is 0.329 e. The molecule has 0 aliphatic carbocycles. The van der Waals surface area contributed by atoms with Crippen LogP contribution in [0.5, 0.6) is 0 Å². The van der Waals surface area contributed by atoms with Gasteiger partial charge < -0.3 is 10.0 Å². The third-order valence-corrected chi connectivity index (χ3v) is 5.95. The average molecular weight is 395 g/mol. The van der Waals surface area contributed by atoms with Gasteiger partial charge in [-0.2, -0.15) is 4.72 Å². The van der Waals surface area contributed by atoms with Crippen molar-refractivity contribution >= 4 is 27.6 Å². The predicted molar refractivity (Wildman–Crippen MR) is 93.0 cm³/mol. The lowest BCUT2D eigenvalue weighted by Gasteiger charge is -2.53. The van der Waals surface area contributed by atoms with Gasteiger partial charge in [0.15, 0.2) is 4.90 Å². The zero-order chi connectivity index (χ0) is 20.6. The lowest BCUT2D eigenvalue weighted by Crippen LogP contribution is -2.78. The molecular formula is C16H17N3O7S. The van der Waals surface area contributed by atoms with Crippen LogP contribution in [-0.2, 0) is 19.6 Å². The fourth-order valence-corrected chi connectivity index (χ4v) is 4.23. The summed E-state index contributed by atoms with van der Waals surface area (Å²) in [5.41, 5.74) is -3.99. The van der Waals surface area contributed by atoms with Crippen LogP contribution in [-0.4, -0.2) is 52.8 Å². The van der Waals surface area contributed by atoms with Gasteiger partial charge in [-0.15, -0.1) is 12.3 Å². The highest BCUT2D eigenvalue weighted by Gasteiger charge is 2.59. The molecule has 1 saturated heterocycles. The number of amides is 1. The molecule has 1 aliphatic heterocycles. The first-order valence-corrected chi connectivity index (χ1v) is 9.14. The third kappa shape index (κ3) is 3.36. The Kier molecular flexibility index (Phi) is 5.00. The number of nitrogens with zero attached hydrogens (tertiary/aromatic N) is 2. The summed E-state index contributed by atoms with van der Waals surface area (Å²) < 4.78 is 27.6. The van der Waals surface area contributed by atoms with E-state index in [0.29, 0.717) is 0 Å². The summed E-state index contributed by atoms with van der Waals surface area (Å²) in [6, 6.07) is 4.66. The number of carboxylic acid groups (broad SMARTS) is 1. The molecule has 0 saturated carbocycles. The first-order valence-electron chi connectivity index (χ1n) is 7.65. The number of sulfonamides is 1. The van der Waals surface area contributed by atoms with E-state index in [1.54, 1.807) is 0 Å². The molecule has 0 aromatic heterocycles. The predicted octanol–water partition coefficient (Wildman–Crippen LogP) is 0.341. The molecule has 1 aromatic rings. The number of likely N-dealkylation sites (tertiary alicyclic amines) is 1. The van der Waals surface area contributed by atoms with E-state index < -0.39 is 48.5 Å². The lowest BCUT2D eigenvalue weighted by atomic mass is 9.82. The summed E-state index contributed by atoms with van der Waals surface area (Å²) in [7, 11) is -4.48. The van der Waals surface area contributed by atoms with E-state index >= 15 is 0 Å². The highest BCUT2D eigenvalue weighted by Crippen LogP contribution is 2.35. The maximum atomic E-state index is 12.7. The summed E-state index contributed by atoms with van der Waals surface area (Å²) in [6.07, 6.45) is 4.92. The van der Waals surface area contributed by atoms with Crippen molar-refractivity contribution in [3.05, 3.63) is 34.4 Å². The summed E-state index contributed by atoms with van der Waals surface area (Å²) in [5.74, 6) is 0.116. The fourth-order valence-electron chi connectivity index (χ4n) is 2.71. The molecule has 0 radical (unpaired) electrons. The molecule has 0 bridgehead atoms. The van der Waals surface area contributed by atoms with Crippen LogP contribution in [0.2, 0.25) is 0 Å². The van der Waals surface area contributed by atoms with Gasteiger partial charge in [0.25, 0.3) is 5.69 Å². The number of aliphatic carboxylic acids is 1. The minimum absolute atomic E-state index is 0.283. The van der Waals surface area contributed by atoms with Gasteiger partial charge in [0.05, 0.1) is 11.5 Å². The molecule has 0 spiro atoms. The van der Waals surface area contributed by atoms with Gasteiger partial charge in [-0.3, -0.25) is 14.9 Å². The molecule has 2 rings (SSSR count). The Morgan fingerprint density at radius 2 is 2.07 bits per heavy atom. The van der Waals surface area contributed by atoms with Crippen molar-refractivity contribution in [2.24, 2.45) is 0 Å². The zero-order valence-corrected chi connectivity index (χ0v) is 15.3. The van der Waals surface area contributed by atoms with Crippen LogP contribution in [0.25, 0.3) is 0 Å². The van der Waals surface area contributed by atoms with Gasteiger partial charge in [-0.25, -0.2) is 13.2 Å². The number of hydrogen-bond donors (Lipinski definition) is 2. The second-order valence-electron chi connectivity index (χ2n) is 6.55. The zero-order valence-electron chi connectivity index (χ0n) is 14.5. The van der Waals surface area contributed by atoms with Gasteiger partial charge in [0.2, 0.25) is 15.9 Å². The second-order valence-corrected chi connectivity index (χ2v) is 8.20. The van der Waals surface area contributed by atoms with E-state index in [1.807, 2.05) is 0 Å². The fraction of sp³-hybridized carbons (Fsp3) is 0.375. The molecule has 11 heteroatoms. The van der Waals surface area contributed by atoms with E-state index in [4.69, 9.17) is 6.42 Å². The van der Waals surface area contributed by atoms with E-state index in [9.17, 15) is 33.2 Å². The Hall–Kier alpha value is -2.97. The number of para-hydroxylation sites is 1. The van der Waals surface area contributed by atoms with Crippen molar-refractivity contribution in [1.29, 1.82) is 0 Å². The minimum atomic E-state index is -4.48. The molecule has 1 aliphatic rings. The van der Waals surface area contributed by atoms with Gasteiger partial charge in [-0.1, -0.05) is 12.1 Å². The highest BCUT2D eigenvalue weighted by molar-refractivity contribution is 7.89. The van der Waals surface area contributed by atoms with E-state index in [-0.39, 0.29) is 13.0 Å².